The van der Waals surface area contributed by atoms with E-state index in [-0.39, 0.29) is 5.91 Å². The zero-order valence-corrected chi connectivity index (χ0v) is 15.2. The molecule has 0 spiro atoms. The summed E-state index contributed by atoms with van der Waals surface area (Å²) in [5, 5.41) is 13.7. The van der Waals surface area contributed by atoms with E-state index in [1.165, 1.54) is 6.92 Å². The highest BCUT2D eigenvalue weighted by Gasteiger charge is 2.12. The maximum Gasteiger partial charge on any atom is 0.222 e. The van der Waals surface area contributed by atoms with Crippen molar-refractivity contribution in [2.75, 3.05) is 5.32 Å². The molecule has 0 aromatic carbocycles. The molecule has 3 aromatic rings. The van der Waals surface area contributed by atoms with E-state index in [4.69, 9.17) is 0 Å². The highest BCUT2D eigenvalue weighted by Crippen LogP contribution is 2.27. The molecule has 3 rings (SSSR count). The van der Waals surface area contributed by atoms with E-state index in [2.05, 4.69) is 20.3 Å². The van der Waals surface area contributed by atoms with Crippen molar-refractivity contribution in [3.63, 3.8) is 0 Å². The Hall–Kier alpha value is -2.86. The molecule has 0 aliphatic rings. The van der Waals surface area contributed by atoms with Gasteiger partial charge in [-0.2, -0.15) is 0 Å². The van der Waals surface area contributed by atoms with E-state index >= 15 is 0 Å². The van der Waals surface area contributed by atoms with Gasteiger partial charge in [0.2, 0.25) is 5.91 Å². The molecule has 134 valence electrons. The number of aliphatic hydroxyl groups excluding tert-OH is 1. The molecule has 3 heterocycles. The lowest BCUT2D eigenvalue weighted by Gasteiger charge is -2.12. The highest BCUT2D eigenvalue weighted by atomic mass is 16.3. The Balaban J connectivity index is 1.94. The van der Waals surface area contributed by atoms with Gasteiger partial charge in [0.25, 0.3) is 0 Å². The van der Waals surface area contributed by atoms with E-state index in [1.54, 1.807) is 24.7 Å². The first kappa shape index (κ1) is 17.9. The molecular weight excluding hydrogens is 328 g/mol. The molecule has 26 heavy (non-hydrogen) atoms. The number of anilines is 1. The van der Waals surface area contributed by atoms with E-state index in [0.717, 1.165) is 34.0 Å². The molecule has 0 bridgehead atoms. The predicted octanol–water partition coefficient (Wildman–Crippen LogP) is 3.79. The van der Waals surface area contributed by atoms with E-state index in [9.17, 15) is 9.90 Å². The lowest BCUT2D eigenvalue weighted by molar-refractivity contribution is -0.114. The first-order valence-electron chi connectivity index (χ1n) is 8.66. The maximum atomic E-state index is 11.1. The van der Waals surface area contributed by atoms with Crippen molar-refractivity contribution in [3.05, 3.63) is 48.0 Å². The van der Waals surface area contributed by atoms with Crippen LogP contribution in [0.25, 0.3) is 22.0 Å². The smallest absolute Gasteiger partial charge is 0.222 e. The first-order chi connectivity index (χ1) is 12.5. The molecule has 0 fully saturated rings. The van der Waals surface area contributed by atoms with Crippen molar-refractivity contribution >= 4 is 22.6 Å². The molecule has 1 amide bonds. The van der Waals surface area contributed by atoms with Gasteiger partial charge in [0.15, 0.2) is 0 Å². The molecule has 1 unspecified atom stereocenters. The van der Waals surface area contributed by atoms with Crippen LogP contribution in [0, 0.1) is 6.92 Å². The third-order valence-corrected chi connectivity index (χ3v) is 4.22. The van der Waals surface area contributed by atoms with Crippen LogP contribution >= 0.6 is 0 Å². The monoisotopic (exact) mass is 350 g/mol. The minimum Gasteiger partial charge on any atom is -0.387 e. The predicted molar refractivity (Wildman–Crippen MR) is 102 cm³/mol. The quantitative estimate of drug-likeness (QED) is 0.731. The van der Waals surface area contributed by atoms with Crippen molar-refractivity contribution in [1.29, 1.82) is 0 Å². The lowest BCUT2D eigenvalue weighted by Crippen LogP contribution is -2.07. The van der Waals surface area contributed by atoms with Crippen LogP contribution in [0.4, 0.5) is 5.82 Å². The first-order valence-corrected chi connectivity index (χ1v) is 8.66. The Morgan fingerprint density at radius 2 is 1.96 bits per heavy atom. The molecule has 3 aromatic heterocycles. The van der Waals surface area contributed by atoms with Crippen LogP contribution in [0.2, 0.25) is 0 Å². The number of hydrogen-bond donors (Lipinski definition) is 2. The van der Waals surface area contributed by atoms with Crippen LogP contribution in [0.3, 0.4) is 0 Å². The SMILES string of the molecule is CCCC(O)c1cc(C)c(-c2cnc3cc(NC(C)=O)ncc3c2)cn1. The number of nitrogens with zero attached hydrogens (tertiary/aromatic N) is 3. The Morgan fingerprint density at radius 1 is 1.15 bits per heavy atom. The number of pyridine rings is 3. The largest absolute Gasteiger partial charge is 0.387 e. The molecule has 0 saturated carbocycles. The van der Waals surface area contributed by atoms with Gasteiger partial charge in [-0.3, -0.25) is 14.8 Å². The zero-order valence-electron chi connectivity index (χ0n) is 15.2. The van der Waals surface area contributed by atoms with Gasteiger partial charge in [-0.15, -0.1) is 0 Å². The van der Waals surface area contributed by atoms with Gasteiger partial charge in [-0.25, -0.2) is 4.98 Å². The van der Waals surface area contributed by atoms with Gasteiger partial charge in [0.05, 0.1) is 17.3 Å². The van der Waals surface area contributed by atoms with Crippen molar-refractivity contribution in [2.45, 2.75) is 39.7 Å². The number of amides is 1. The lowest BCUT2D eigenvalue weighted by atomic mass is 10.0. The van der Waals surface area contributed by atoms with Gasteiger partial charge in [0.1, 0.15) is 5.82 Å². The summed E-state index contributed by atoms with van der Waals surface area (Å²) in [5.41, 5.74) is 4.40. The number of aryl methyl sites for hydroxylation is 1. The molecular formula is C20H22N4O2. The molecule has 0 radical (unpaired) electrons. The van der Waals surface area contributed by atoms with Crippen LogP contribution in [-0.4, -0.2) is 26.0 Å². The third-order valence-electron chi connectivity index (χ3n) is 4.22. The molecule has 0 aliphatic carbocycles. The minimum absolute atomic E-state index is 0.166. The maximum absolute atomic E-state index is 11.1. The summed E-state index contributed by atoms with van der Waals surface area (Å²) in [6, 6.07) is 5.67. The van der Waals surface area contributed by atoms with Crippen LogP contribution in [0.5, 0.6) is 0 Å². The molecule has 0 aliphatic heterocycles. The summed E-state index contributed by atoms with van der Waals surface area (Å²) in [7, 11) is 0. The number of carbonyl (C=O) groups is 1. The summed E-state index contributed by atoms with van der Waals surface area (Å²) in [4.78, 5) is 24.3. The summed E-state index contributed by atoms with van der Waals surface area (Å²) in [6.07, 6.45) is 6.34. The van der Waals surface area contributed by atoms with Crippen molar-refractivity contribution < 1.29 is 9.90 Å². The minimum atomic E-state index is -0.529. The van der Waals surface area contributed by atoms with Crippen LogP contribution < -0.4 is 5.32 Å². The molecule has 6 heteroatoms. The van der Waals surface area contributed by atoms with Gasteiger partial charge in [0, 0.05) is 48.1 Å². The number of rotatable bonds is 5. The summed E-state index contributed by atoms with van der Waals surface area (Å²) in [5.74, 6) is 0.317. The highest BCUT2D eigenvalue weighted by molar-refractivity contribution is 5.91. The van der Waals surface area contributed by atoms with Gasteiger partial charge in [-0.1, -0.05) is 13.3 Å². The average molecular weight is 350 g/mol. The van der Waals surface area contributed by atoms with Crippen LogP contribution in [0.15, 0.2) is 36.8 Å². The Labute approximate surface area is 152 Å². The topological polar surface area (TPSA) is 88.0 Å². The van der Waals surface area contributed by atoms with E-state index in [1.807, 2.05) is 26.0 Å². The fourth-order valence-corrected chi connectivity index (χ4v) is 2.90. The van der Waals surface area contributed by atoms with Gasteiger partial charge >= 0.3 is 0 Å². The van der Waals surface area contributed by atoms with Crippen LogP contribution in [0.1, 0.15) is 44.1 Å². The molecule has 2 N–H and O–H groups in total. The standard InChI is InChI=1S/C20H22N4O2/c1-4-5-19(26)18-6-12(2)16(11-22-18)14-7-15-10-23-20(24-13(3)25)8-17(15)21-9-14/h6-11,19,26H,4-5H2,1-3H3,(H,23,24,25). The van der Waals surface area contributed by atoms with E-state index in [0.29, 0.717) is 17.9 Å². The second-order valence-corrected chi connectivity index (χ2v) is 6.40. The second-order valence-electron chi connectivity index (χ2n) is 6.40. The summed E-state index contributed by atoms with van der Waals surface area (Å²) < 4.78 is 0. The number of fused-ring (bicyclic) bond motifs is 1. The Morgan fingerprint density at radius 3 is 2.65 bits per heavy atom. The average Bonchev–Trinajstić information content (AvgIpc) is 2.61. The third kappa shape index (κ3) is 3.86. The van der Waals surface area contributed by atoms with Crippen molar-refractivity contribution in [2.24, 2.45) is 0 Å². The number of hydrogen-bond acceptors (Lipinski definition) is 5. The number of aromatic nitrogens is 3. The fourth-order valence-electron chi connectivity index (χ4n) is 2.90. The van der Waals surface area contributed by atoms with Gasteiger partial charge in [-0.05, 0) is 31.0 Å². The summed E-state index contributed by atoms with van der Waals surface area (Å²) in [6.45, 7) is 5.48. The van der Waals surface area contributed by atoms with Crippen molar-refractivity contribution in [1.82, 2.24) is 15.0 Å². The fraction of sp³-hybridized carbons (Fsp3) is 0.300. The Bertz CT molecular complexity index is 956. The molecule has 1 atom stereocenters. The van der Waals surface area contributed by atoms with Gasteiger partial charge < -0.3 is 10.4 Å². The summed E-state index contributed by atoms with van der Waals surface area (Å²) >= 11 is 0. The molecule has 0 saturated heterocycles. The number of aliphatic hydroxyl groups is 1. The number of carbonyl (C=O) groups excluding carboxylic acids is 1. The van der Waals surface area contributed by atoms with Crippen LogP contribution in [-0.2, 0) is 4.79 Å². The Kier molecular flexibility index (Phi) is 5.23. The van der Waals surface area contributed by atoms with E-state index < -0.39 is 6.10 Å². The van der Waals surface area contributed by atoms with Crippen molar-refractivity contribution in [3.8, 4) is 11.1 Å². The number of nitrogens with one attached hydrogen (secondary N) is 1. The normalized spacial score (nSPS) is 12.2. The zero-order chi connectivity index (χ0) is 18.7. The second kappa shape index (κ2) is 7.58. The molecule has 6 nitrogen and oxygen atoms in total.